The van der Waals surface area contributed by atoms with Crippen molar-refractivity contribution in [1.29, 1.82) is 0 Å². The van der Waals surface area contributed by atoms with Crippen molar-refractivity contribution in [3.05, 3.63) is 29.8 Å². The van der Waals surface area contributed by atoms with E-state index >= 15 is 0 Å². The summed E-state index contributed by atoms with van der Waals surface area (Å²) in [6.07, 6.45) is 2.11. The third-order valence-corrected chi connectivity index (χ3v) is 3.21. The maximum atomic E-state index is 5.67. The quantitative estimate of drug-likeness (QED) is 0.779. The van der Waals surface area contributed by atoms with Crippen LogP contribution in [0.5, 0.6) is 5.75 Å². The molecule has 0 aromatic heterocycles. The Morgan fingerprint density at radius 1 is 1.47 bits per heavy atom. The van der Waals surface area contributed by atoms with Crippen LogP contribution < -0.4 is 15.8 Å². The predicted molar refractivity (Wildman–Crippen MR) is 61.0 cm³/mol. The van der Waals surface area contributed by atoms with Crippen LogP contribution in [0.2, 0.25) is 0 Å². The summed E-state index contributed by atoms with van der Waals surface area (Å²) in [6, 6.07) is 8.18. The fourth-order valence-corrected chi connectivity index (χ4v) is 2.29. The van der Waals surface area contributed by atoms with Gasteiger partial charge in [0.25, 0.3) is 0 Å². The molecule has 1 heterocycles. The molecule has 0 saturated carbocycles. The number of rotatable bonds is 4. The maximum absolute atomic E-state index is 5.67. The van der Waals surface area contributed by atoms with Crippen LogP contribution in [0.15, 0.2) is 24.3 Å². The third kappa shape index (κ3) is 1.73. The molecule has 1 aliphatic heterocycles. The first-order chi connectivity index (χ1) is 7.32. The maximum Gasteiger partial charge on any atom is 0.123 e. The molecule has 0 spiro atoms. The van der Waals surface area contributed by atoms with Gasteiger partial charge in [0.1, 0.15) is 5.75 Å². The molecule has 1 aliphatic rings. The van der Waals surface area contributed by atoms with Gasteiger partial charge in [-0.3, -0.25) is 0 Å². The monoisotopic (exact) mass is 206 g/mol. The topological polar surface area (TPSA) is 47.3 Å². The van der Waals surface area contributed by atoms with E-state index in [1.807, 2.05) is 12.1 Å². The normalized spacial score (nSPS) is 24.7. The Morgan fingerprint density at radius 2 is 2.20 bits per heavy atom. The summed E-state index contributed by atoms with van der Waals surface area (Å²) in [4.78, 5) is 0. The predicted octanol–water partition coefficient (Wildman–Crippen LogP) is 1.23. The Morgan fingerprint density at radius 3 is 2.73 bits per heavy atom. The molecule has 1 fully saturated rings. The summed E-state index contributed by atoms with van der Waals surface area (Å²) >= 11 is 0. The van der Waals surface area contributed by atoms with Gasteiger partial charge in [0, 0.05) is 11.1 Å². The van der Waals surface area contributed by atoms with Crippen LogP contribution in [0, 0.1) is 0 Å². The first kappa shape index (κ1) is 10.5. The summed E-state index contributed by atoms with van der Waals surface area (Å²) in [5.74, 6) is 0.957. The van der Waals surface area contributed by atoms with E-state index in [4.69, 9.17) is 10.5 Å². The average Bonchev–Trinajstić information content (AvgIpc) is 2.23. The van der Waals surface area contributed by atoms with Crippen LogP contribution in [-0.4, -0.2) is 20.2 Å². The van der Waals surface area contributed by atoms with E-state index in [0.717, 1.165) is 25.1 Å². The van der Waals surface area contributed by atoms with E-state index in [1.54, 1.807) is 7.11 Å². The molecule has 3 heteroatoms. The molecule has 0 bridgehead atoms. The molecule has 2 rings (SSSR count). The van der Waals surface area contributed by atoms with Gasteiger partial charge in [0.05, 0.1) is 7.11 Å². The minimum atomic E-state index is 0.0569. The number of nitrogens with one attached hydrogen (secondary N) is 1. The molecule has 0 aliphatic carbocycles. The largest absolute Gasteiger partial charge is 0.496 e. The van der Waals surface area contributed by atoms with Crippen molar-refractivity contribution in [3.8, 4) is 5.75 Å². The molecule has 1 saturated heterocycles. The molecule has 1 unspecified atom stereocenters. The van der Waals surface area contributed by atoms with E-state index in [1.165, 1.54) is 5.56 Å². The van der Waals surface area contributed by atoms with Crippen molar-refractivity contribution in [2.24, 2.45) is 5.73 Å². The molecule has 0 amide bonds. The van der Waals surface area contributed by atoms with Crippen molar-refractivity contribution in [1.82, 2.24) is 5.32 Å². The Bertz CT molecular complexity index is 334. The van der Waals surface area contributed by atoms with E-state index in [2.05, 4.69) is 17.4 Å². The number of methoxy groups -OCH3 is 1. The van der Waals surface area contributed by atoms with Crippen molar-refractivity contribution < 1.29 is 4.74 Å². The number of hydrogen-bond donors (Lipinski definition) is 2. The number of nitrogens with two attached hydrogens (primary N) is 1. The molecule has 1 aromatic carbocycles. The number of ether oxygens (including phenoxy) is 1. The van der Waals surface area contributed by atoms with Crippen LogP contribution in [0.3, 0.4) is 0 Å². The third-order valence-electron chi connectivity index (χ3n) is 3.21. The zero-order valence-electron chi connectivity index (χ0n) is 9.12. The van der Waals surface area contributed by atoms with E-state index in [0.29, 0.717) is 6.54 Å². The van der Waals surface area contributed by atoms with Crippen molar-refractivity contribution in [3.63, 3.8) is 0 Å². The highest BCUT2D eigenvalue weighted by Crippen LogP contribution is 2.39. The van der Waals surface area contributed by atoms with Gasteiger partial charge in [-0.05, 0) is 32.0 Å². The highest BCUT2D eigenvalue weighted by atomic mass is 16.5. The lowest BCUT2D eigenvalue weighted by molar-refractivity contribution is 0.190. The average molecular weight is 206 g/mol. The first-order valence-corrected chi connectivity index (χ1v) is 5.41. The van der Waals surface area contributed by atoms with Gasteiger partial charge in [-0.1, -0.05) is 18.2 Å². The van der Waals surface area contributed by atoms with Gasteiger partial charge in [-0.2, -0.15) is 0 Å². The lowest BCUT2D eigenvalue weighted by Crippen LogP contribution is -2.55. The zero-order chi connectivity index (χ0) is 10.7. The van der Waals surface area contributed by atoms with Gasteiger partial charge in [-0.25, -0.2) is 0 Å². The minimum Gasteiger partial charge on any atom is -0.496 e. The van der Waals surface area contributed by atoms with Crippen LogP contribution in [0.1, 0.15) is 18.4 Å². The zero-order valence-corrected chi connectivity index (χ0v) is 9.12. The van der Waals surface area contributed by atoms with E-state index in [9.17, 15) is 0 Å². The molecular weight excluding hydrogens is 188 g/mol. The lowest BCUT2D eigenvalue weighted by atomic mass is 9.77. The Labute approximate surface area is 90.6 Å². The molecule has 0 radical (unpaired) electrons. The van der Waals surface area contributed by atoms with Crippen LogP contribution >= 0.6 is 0 Å². The first-order valence-electron chi connectivity index (χ1n) is 5.41. The second-order valence-electron chi connectivity index (χ2n) is 4.00. The molecule has 3 N–H and O–H groups in total. The smallest absolute Gasteiger partial charge is 0.123 e. The highest BCUT2D eigenvalue weighted by Gasteiger charge is 2.39. The summed E-state index contributed by atoms with van der Waals surface area (Å²) in [5, 5.41) is 3.49. The molecule has 15 heavy (non-hydrogen) atoms. The van der Waals surface area contributed by atoms with Crippen LogP contribution in [0.4, 0.5) is 0 Å². The van der Waals surface area contributed by atoms with E-state index < -0.39 is 0 Å². The molecular formula is C12H18N2O. The second kappa shape index (κ2) is 4.21. The van der Waals surface area contributed by atoms with Crippen LogP contribution in [-0.2, 0) is 5.54 Å². The Hall–Kier alpha value is -1.06. The summed E-state index contributed by atoms with van der Waals surface area (Å²) in [7, 11) is 1.72. The van der Waals surface area contributed by atoms with E-state index in [-0.39, 0.29) is 5.54 Å². The number of benzene rings is 1. The molecule has 82 valence electrons. The SMILES string of the molecule is COc1ccccc1C1(CCN)CCN1. The Balaban J connectivity index is 2.33. The number of hydrogen-bond acceptors (Lipinski definition) is 3. The van der Waals surface area contributed by atoms with Gasteiger partial charge in [0.15, 0.2) is 0 Å². The summed E-state index contributed by atoms with van der Waals surface area (Å²) in [6.45, 7) is 1.77. The van der Waals surface area contributed by atoms with Gasteiger partial charge in [-0.15, -0.1) is 0 Å². The summed E-state index contributed by atoms with van der Waals surface area (Å²) in [5.41, 5.74) is 6.97. The van der Waals surface area contributed by atoms with Gasteiger partial charge < -0.3 is 15.8 Å². The standard InChI is InChI=1S/C12H18N2O/c1-15-11-5-3-2-4-10(11)12(6-8-13)7-9-14-12/h2-5,14H,6-9,13H2,1H3. The molecule has 1 atom stereocenters. The molecule has 1 aromatic rings. The second-order valence-corrected chi connectivity index (χ2v) is 4.00. The summed E-state index contributed by atoms with van der Waals surface area (Å²) < 4.78 is 5.39. The van der Waals surface area contributed by atoms with Crippen molar-refractivity contribution >= 4 is 0 Å². The van der Waals surface area contributed by atoms with Crippen LogP contribution in [0.25, 0.3) is 0 Å². The molecule has 3 nitrogen and oxygen atoms in total. The van der Waals surface area contributed by atoms with Gasteiger partial charge in [0.2, 0.25) is 0 Å². The van der Waals surface area contributed by atoms with Crippen molar-refractivity contribution in [2.75, 3.05) is 20.2 Å². The number of para-hydroxylation sites is 1. The van der Waals surface area contributed by atoms with Crippen molar-refractivity contribution in [2.45, 2.75) is 18.4 Å². The fourth-order valence-electron chi connectivity index (χ4n) is 2.29. The minimum absolute atomic E-state index is 0.0569. The Kier molecular flexibility index (Phi) is 2.93. The van der Waals surface area contributed by atoms with Gasteiger partial charge >= 0.3 is 0 Å². The highest BCUT2D eigenvalue weighted by molar-refractivity contribution is 5.40. The fraction of sp³-hybridized carbons (Fsp3) is 0.500. The lowest BCUT2D eigenvalue weighted by Gasteiger charge is -2.44.